The highest BCUT2D eigenvalue weighted by Crippen LogP contribution is 2.35. The van der Waals surface area contributed by atoms with Crippen LogP contribution in [0.25, 0.3) is 0 Å². The third-order valence-corrected chi connectivity index (χ3v) is 2.84. The fourth-order valence-corrected chi connectivity index (χ4v) is 1.91. The van der Waals surface area contributed by atoms with E-state index in [1.807, 2.05) is 26.2 Å². The third-order valence-electron chi connectivity index (χ3n) is 2.84. The molecule has 1 aliphatic rings. The van der Waals surface area contributed by atoms with Crippen molar-refractivity contribution in [2.75, 3.05) is 6.61 Å². The van der Waals surface area contributed by atoms with Gasteiger partial charge in [0.2, 0.25) is 0 Å². The molecule has 1 aromatic heterocycles. The van der Waals surface area contributed by atoms with E-state index in [1.165, 1.54) is 0 Å². The summed E-state index contributed by atoms with van der Waals surface area (Å²) < 4.78 is 7.24. The summed E-state index contributed by atoms with van der Waals surface area (Å²) in [6, 6.07) is 1.88. The Balaban J connectivity index is 1.94. The fourth-order valence-electron chi connectivity index (χ4n) is 1.91. The van der Waals surface area contributed by atoms with Crippen LogP contribution in [-0.2, 0) is 23.0 Å². The van der Waals surface area contributed by atoms with Crippen molar-refractivity contribution in [2.45, 2.75) is 32.3 Å². The van der Waals surface area contributed by atoms with Gasteiger partial charge < -0.3 is 4.74 Å². The van der Waals surface area contributed by atoms with Gasteiger partial charge in [-0.1, -0.05) is 0 Å². The molecule has 0 amide bonds. The number of nitrogens with zero attached hydrogens (tertiary/aromatic N) is 2. The van der Waals surface area contributed by atoms with Gasteiger partial charge in [-0.25, -0.2) is 0 Å². The molecule has 1 aromatic rings. The average molecular weight is 222 g/mol. The Morgan fingerprint density at radius 1 is 1.69 bits per heavy atom. The SMILES string of the molecule is CCOC(C(=O)Cc1ccn(C)n1)C1CC1. The maximum atomic E-state index is 12.0. The van der Waals surface area contributed by atoms with Crippen molar-refractivity contribution < 1.29 is 9.53 Å². The molecular formula is C12H18N2O2. The molecule has 0 bridgehead atoms. The Labute approximate surface area is 95.6 Å². The summed E-state index contributed by atoms with van der Waals surface area (Å²) in [5.41, 5.74) is 0.831. The van der Waals surface area contributed by atoms with Crippen LogP contribution in [0.4, 0.5) is 0 Å². The molecule has 0 aromatic carbocycles. The van der Waals surface area contributed by atoms with E-state index in [0.717, 1.165) is 18.5 Å². The zero-order valence-corrected chi connectivity index (χ0v) is 9.85. The molecule has 88 valence electrons. The Morgan fingerprint density at radius 2 is 2.44 bits per heavy atom. The predicted octanol–water partition coefficient (Wildman–Crippen LogP) is 1.35. The lowest BCUT2D eigenvalue weighted by Crippen LogP contribution is -2.28. The lowest BCUT2D eigenvalue weighted by Gasteiger charge is -2.14. The molecule has 1 unspecified atom stereocenters. The van der Waals surface area contributed by atoms with Crippen molar-refractivity contribution >= 4 is 5.78 Å². The topological polar surface area (TPSA) is 44.1 Å². The number of carbonyl (C=O) groups excluding carboxylic acids is 1. The molecule has 1 aliphatic carbocycles. The summed E-state index contributed by atoms with van der Waals surface area (Å²) in [4.78, 5) is 12.0. The lowest BCUT2D eigenvalue weighted by atomic mass is 10.1. The van der Waals surface area contributed by atoms with E-state index in [9.17, 15) is 4.79 Å². The zero-order chi connectivity index (χ0) is 11.5. The molecule has 2 rings (SSSR count). The Bertz CT molecular complexity index is 369. The number of hydrogen-bond donors (Lipinski definition) is 0. The van der Waals surface area contributed by atoms with Crippen LogP contribution in [0.5, 0.6) is 0 Å². The van der Waals surface area contributed by atoms with Gasteiger partial charge in [0, 0.05) is 19.9 Å². The molecule has 1 fully saturated rings. The van der Waals surface area contributed by atoms with E-state index in [1.54, 1.807) is 4.68 Å². The minimum absolute atomic E-state index is 0.169. The van der Waals surface area contributed by atoms with Crippen LogP contribution in [0.3, 0.4) is 0 Å². The molecule has 4 heteroatoms. The second-order valence-electron chi connectivity index (χ2n) is 4.34. The average Bonchev–Trinajstić information content (AvgIpc) is 3.00. The molecular weight excluding hydrogens is 204 g/mol. The standard InChI is InChI=1S/C12H18N2O2/c1-3-16-12(9-4-5-9)11(15)8-10-6-7-14(2)13-10/h6-7,9,12H,3-5,8H2,1-2H3. The molecule has 0 N–H and O–H groups in total. The van der Waals surface area contributed by atoms with Crippen molar-refractivity contribution in [1.29, 1.82) is 0 Å². The number of rotatable bonds is 6. The maximum Gasteiger partial charge on any atom is 0.167 e. The second kappa shape index (κ2) is 4.78. The normalized spacial score (nSPS) is 17.4. The number of carbonyl (C=O) groups is 1. The van der Waals surface area contributed by atoms with E-state index in [0.29, 0.717) is 18.9 Å². The molecule has 1 saturated carbocycles. The number of ketones is 1. The first kappa shape index (κ1) is 11.3. The maximum absolute atomic E-state index is 12.0. The van der Waals surface area contributed by atoms with Gasteiger partial charge in [0.25, 0.3) is 0 Å². The van der Waals surface area contributed by atoms with Crippen molar-refractivity contribution in [3.63, 3.8) is 0 Å². The van der Waals surface area contributed by atoms with Crippen molar-refractivity contribution in [3.05, 3.63) is 18.0 Å². The highest BCUT2D eigenvalue weighted by molar-refractivity contribution is 5.85. The molecule has 1 atom stereocenters. The highest BCUT2D eigenvalue weighted by atomic mass is 16.5. The quantitative estimate of drug-likeness (QED) is 0.729. The number of aromatic nitrogens is 2. The van der Waals surface area contributed by atoms with Gasteiger partial charge in [-0.15, -0.1) is 0 Å². The summed E-state index contributed by atoms with van der Waals surface area (Å²) >= 11 is 0. The minimum atomic E-state index is -0.202. The summed E-state index contributed by atoms with van der Waals surface area (Å²) in [5, 5.41) is 4.21. The number of Topliss-reactive ketones (excluding diaryl/α,β-unsaturated/α-hetero) is 1. The third kappa shape index (κ3) is 2.70. The van der Waals surface area contributed by atoms with Crippen LogP contribution < -0.4 is 0 Å². The molecule has 0 saturated heterocycles. The van der Waals surface area contributed by atoms with Crippen LogP contribution >= 0.6 is 0 Å². The smallest absolute Gasteiger partial charge is 0.167 e. The van der Waals surface area contributed by atoms with Gasteiger partial charge >= 0.3 is 0 Å². The molecule has 1 heterocycles. The number of hydrogen-bond acceptors (Lipinski definition) is 3. The second-order valence-corrected chi connectivity index (χ2v) is 4.34. The molecule has 0 aliphatic heterocycles. The van der Waals surface area contributed by atoms with Crippen LogP contribution in [-0.4, -0.2) is 28.3 Å². The van der Waals surface area contributed by atoms with E-state index >= 15 is 0 Å². The Morgan fingerprint density at radius 3 is 2.94 bits per heavy atom. The summed E-state index contributed by atoms with van der Waals surface area (Å²) in [7, 11) is 1.86. The van der Waals surface area contributed by atoms with Crippen molar-refractivity contribution in [1.82, 2.24) is 9.78 Å². The van der Waals surface area contributed by atoms with E-state index in [2.05, 4.69) is 5.10 Å². The fraction of sp³-hybridized carbons (Fsp3) is 0.667. The van der Waals surface area contributed by atoms with Crippen molar-refractivity contribution in [2.24, 2.45) is 13.0 Å². The van der Waals surface area contributed by atoms with Crippen molar-refractivity contribution in [3.8, 4) is 0 Å². The minimum Gasteiger partial charge on any atom is -0.370 e. The number of aryl methyl sites for hydroxylation is 1. The Hall–Kier alpha value is -1.16. The van der Waals surface area contributed by atoms with Gasteiger partial charge in [-0.05, 0) is 31.7 Å². The molecule has 0 radical (unpaired) electrons. The lowest BCUT2D eigenvalue weighted by molar-refractivity contribution is -0.131. The first-order valence-corrected chi connectivity index (χ1v) is 5.83. The monoisotopic (exact) mass is 222 g/mol. The van der Waals surface area contributed by atoms with Gasteiger partial charge in [-0.2, -0.15) is 5.10 Å². The van der Waals surface area contributed by atoms with Crippen LogP contribution in [0, 0.1) is 5.92 Å². The van der Waals surface area contributed by atoms with Crippen LogP contribution in [0.15, 0.2) is 12.3 Å². The van der Waals surface area contributed by atoms with Crippen LogP contribution in [0.1, 0.15) is 25.5 Å². The van der Waals surface area contributed by atoms with E-state index in [-0.39, 0.29) is 11.9 Å². The van der Waals surface area contributed by atoms with Gasteiger partial charge in [0.05, 0.1) is 12.1 Å². The molecule has 0 spiro atoms. The summed E-state index contributed by atoms with van der Waals surface area (Å²) in [5.74, 6) is 0.624. The predicted molar refractivity (Wildman–Crippen MR) is 60.1 cm³/mol. The first-order chi connectivity index (χ1) is 7.70. The number of ether oxygens (including phenoxy) is 1. The van der Waals surface area contributed by atoms with Gasteiger partial charge in [0.1, 0.15) is 6.10 Å². The zero-order valence-electron chi connectivity index (χ0n) is 9.85. The van der Waals surface area contributed by atoms with Gasteiger partial charge in [-0.3, -0.25) is 9.48 Å². The summed E-state index contributed by atoms with van der Waals surface area (Å²) in [6.07, 6.45) is 4.29. The van der Waals surface area contributed by atoms with Crippen LogP contribution in [0.2, 0.25) is 0 Å². The summed E-state index contributed by atoms with van der Waals surface area (Å²) in [6.45, 7) is 2.54. The Kier molecular flexibility index (Phi) is 3.39. The van der Waals surface area contributed by atoms with E-state index in [4.69, 9.17) is 4.74 Å². The molecule has 16 heavy (non-hydrogen) atoms. The van der Waals surface area contributed by atoms with Gasteiger partial charge in [0.15, 0.2) is 5.78 Å². The largest absolute Gasteiger partial charge is 0.370 e. The highest BCUT2D eigenvalue weighted by Gasteiger charge is 2.36. The van der Waals surface area contributed by atoms with E-state index < -0.39 is 0 Å². The first-order valence-electron chi connectivity index (χ1n) is 5.83. The molecule has 4 nitrogen and oxygen atoms in total.